The monoisotopic (exact) mass is 331 g/mol. The Hall–Kier alpha value is -2.11. The lowest BCUT2D eigenvalue weighted by molar-refractivity contribution is 0.174. The summed E-state index contributed by atoms with van der Waals surface area (Å²) in [6, 6.07) is 9.85. The molecule has 0 spiro atoms. The van der Waals surface area contributed by atoms with E-state index >= 15 is 0 Å². The van der Waals surface area contributed by atoms with E-state index in [-0.39, 0.29) is 11.9 Å². The van der Waals surface area contributed by atoms with Crippen LogP contribution < -0.4 is 14.8 Å². The Kier molecular flexibility index (Phi) is 5.02. The van der Waals surface area contributed by atoms with Gasteiger partial charge in [-0.2, -0.15) is 0 Å². The van der Waals surface area contributed by atoms with Crippen molar-refractivity contribution in [2.45, 2.75) is 32.1 Å². The lowest BCUT2D eigenvalue weighted by atomic mass is 10.1. The molecule has 0 fully saturated rings. The zero-order valence-corrected chi connectivity index (χ0v) is 13.9. The van der Waals surface area contributed by atoms with Crippen LogP contribution in [0.5, 0.6) is 11.5 Å². The lowest BCUT2D eigenvalue weighted by Crippen LogP contribution is -2.21. The maximum atomic E-state index is 12.9. The van der Waals surface area contributed by atoms with Gasteiger partial charge < -0.3 is 19.9 Å². The number of nitrogens with one attached hydrogen (secondary N) is 1. The summed E-state index contributed by atoms with van der Waals surface area (Å²) in [5.74, 6) is 1.41. The van der Waals surface area contributed by atoms with E-state index in [0.29, 0.717) is 18.7 Å². The first kappa shape index (κ1) is 16.7. The number of hydrogen-bond donors (Lipinski definition) is 2. The highest BCUT2D eigenvalue weighted by molar-refractivity contribution is 5.49. The number of methoxy groups -OCH3 is 1. The van der Waals surface area contributed by atoms with E-state index in [1.807, 2.05) is 19.1 Å². The Bertz CT molecular complexity index is 703. The molecule has 1 aliphatic rings. The molecule has 2 aromatic carbocycles. The maximum Gasteiger partial charge on any atom is 0.127 e. The Labute approximate surface area is 141 Å². The second kappa shape index (κ2) is 7.20. The van der Waals surface area contributed by atoms with E-state index in [4.69, 9.17) is 9.47 Å². The summed E-state index contributed by atoms with van der Waals surface area (Å²) in [5, 5.41) is 13.4. The van der Waals surface area contributed by atoms with Gasteiger partial charge in [-0.1, -0.05) is 12.1 Å². The van der Waals surface area contributed by atoms with Crippen LogP contribution in [0.25, 0.3) is 0 Å². The highest BCUT2D eigenvalue weighted by atomic mass is 19.1. The fourth-order valence-electron chi connectivity index (χ4n) is 2.97. The number of rotatable bonds is 6. The molecule has 1 aliphatic heterocycles. The first-order valence-electron chi connectivity index (χ1n) is 8.07. The molecule has 0 amide bonds. The SMILES string of the molecule is COc1cc(CNCC(O)c2ccc(F)cc2)c2c(c1)CC(C)O2. The molecule has 2 N–H and O–H groups in total. The molecule has 1 heterocycles. The number of aliphatic hydroxyl groups is 1. The van der Waals surface area contributed by atoms with Crippen LogP contribution in [0.4, 0.5) is 4.39 Å². The van der Waals surface area contributed by atoms with Crippen molar-refractivity contribution in [3.63, 3.8) is 0 Å². The third-order valence-corrected chi connectivity index (χ3v) is 4.19. The van der Waals surface area contributed by atoms with Crippen molar-refractivity contribution in [2.24, 2.45) is 0 Å². The smallest absolute Gasteiger partial charge is 0.127 e. The van der Waals surface area contributed by atoms with Crippen molar-refractivity contribution in [1.29, 1.82) is 0 Å². The van der Waals surface area contributed by atoms with Gasteiger partial charge in [0.1, 0.15) is 23.4 Å². The third kappa shape index (κ3) is 3.68. The number of fused-ring (bicyclic) bond motifs is 1. The Balaban J connectivity index is 1.64. The zero-order valence-electron chi connectivity index (χ0n) is 13.9. The molecule has 0 aliphatic carbocycles. The van der Waals surface area contributed by atoms with Crippen LogP contribution >= 0.6 is 0 Å². The Morgan fingerprint density at radius 2 is 2.08 bits per heavy atom. The summed E-state index contributed by atoms with van der Waals surface area (Å²) in [7, 11) is 1.65. The number of hydrogen-bond acceptors (Lipinski definition) is 4. The van der Waals surface area contributed by atoms with Gasteiger partial charge in [0, 0.05) is 30.6 Å². The minimum absolute atomic E-state index is 0.163. The maximum absolute atomic E-state index is 12.9. The molecule has 128 valence electrons. The minimum Gasteiger partial charge on any atom is -0.497 e. The standard InChI is InChI=1S/C19H22FNO3/c1-12-7-14-8-17(23-2)9-15(19(14)24-12)10-21-11-18(22)13-3-5-16(20)6-4-13/h3-6,8-9,12,18,21-22H,7,10-11H2,1-2H3. The Morgan fingerprint density at radius 3 is 2.79 bits per heavy atom. The number of ether oxygens (including phenoxy) is 2. The summed E-state index contributed by atoms with van der Waals surface area (Å²) >= 11 is 0. The van der Waals surface area contributed by atoms with Crippen LogP contribution in [-0.2, 0) is 13.0 Å². The van der Waals surface area contributed by atoms with Gasteiger partial charge in [0.15, 0.2) is 0 Å². The molecule has 0 radical (unpaired) electrons. The average molecular weight is 331 g/mol. The van der Waals surface area contributed by atoms with Crippen molar-refractivity contribution in [3.8, 4) is 11.5 Å². The predicted molar refractivity (Wildman–Crippen MR) is 89.9 cm³/mol. The van der Waals surface area contributed by atoms with Gasteiger partial charge in [-0.15, -0.1) is 0 Å². The molecule has 0 saturated heterocycles. The summed E-state index contributed by atoms with van der Waals surface area (Å²) in [6.45, 7) is 2.97. The molecule has 0 aromatic heterocycles. The fourth-order valence-corrected chi connectivity index (χ4v) is 2.97. The summed E-state index contributed by atoms with van der Waals surface area (Å²) in [6.07, 6.45) is 0.345. The van der Waals surface area contributed by atoms with Crippen molar-refractivity contribution in [1.82, 2.24) is 5.32 Å². The largest absolute Gasteiger partial charge is 0.497 e. The van der Waals surface area contributed by atoms with E-state index < -0.39 is 6.10 Å². The van der Waals surface area contributed by atoms with Gasteiger partial charge in [0.25, 0.3) is 0 Å². The first-order chi connectivity index (χ1) is 11.6. The van der Waals surface area contributed by atoms with E-state index in [2.05, 4.69) is 5.32 Å². The highest BCUT2D eigenvalue weighted by Gasteiger charge is 2.23. The molecule has 24 heavy (non-hydrogen) atoms. The molecule has 2 unspecified atom stereocenters. The summed E-state index contributed by atoms with van der Waals surface area (Å²) in [5.41, 5.74) is 2.85. The second-order valence-corrected chi connectivity index (χ2v) is 6.11. The van der Waals surface area contributed by atoms with Crippen LogP contribution in [0, 0.1) is 5.82 Å². The van der Waals surface area contributed by atoms with Gasteiger partial charge in [-0.3, -0.25) is 0 Å². The van der Waals surface area contributed by atoms with Crippen molar-refractivity contribution in [3.05, 3.63) is 58.9 Å². The van der Waals surface area contributed by atoms with Gasteiger partial charge in [0.2, 0.25) is 0 Å². The summed E-state index contributed by atoms with van der Waals surface area (Å²) < 4.78 is 24.2. The van der Waals surface area contributed by atoms with Gasteiger partial charge >= 0.3 is 0 Å². The van der Waals surface area contributed by atoms with Crippen molar-refractivity contribution < 1.29 is 19.0 Å². The second-order valence-electron chi connectivity index (χ2n) is 6.11. The van der Waals surface area contributed by atoms with Crippen LogP contribution in [0.1, 0.15) is 29.7 Å². The molecule has 2 aromatic rings. The normalized spacial score (nSPS) is 17.2. The van der Waals surface area contributed by atoms with Crippen LogP contribution in [-0.4, -0.2) is 24.9 Å². The molecule has 3 rings (SSSR count). The van der Waals surface area contributed by atoms with E-state index in [9.17, 15) is 9.50 Å². The lowest BCUT2D eigenvalue weighted by Gasteiger charge is -2.15. The molecule has 4 nitrogen and oxygen atoms in total. The third-order valence-electron chi connectivity index (χ3n) is 4.19. The van der Waals surface area contributed by atoms with Gasteiger partial charge in [-0.05, 0) is 36.8 Å². The number of benzene rings is 2. The van der Waals surface area contributed by atoms with Crippen molar-refractivity contribution in [2.75, 3.05) is 13.7 Å². The Morgan fingerprint density at radius 1 is 1.33 bits per heavy atom. The number of halogens is 1. The first-order valence-corrected chi connectivity index (χ1v) is 8.07. The van der Waals surface area contributed by atoms with E-state index in [1.165, 1.54) is 12.1 Å². The highest BCUT2D eigenvalue weighted by Crippen LogP contribution is 2.36. The van der Waals surface area contributed by atoms with Crippen LogP contribution in [0.15, 0.2) is 36.4 Å². The molecular weight excluding hydrogens is 309 g/mol. The molecule has 5 heteroatoms. The van der Waals surface area contributed by atoms with Crippen LogP contribution in [0.3, 0.4) is 0 Å². The minimum atomic E-state index is -0.691. The number of aliphatic hydroxyl groups excluding tert-OH is 1. The van der Waals surface area contributed by atoms with Crippen molar-refractivity contribution >= 4 is 0 Å². The van der Waals surface area contributed by atoms with Gasteiger partial charge in [-0.25, -0.2) is 4.39 Å². The zero-order chi connectivity index (χ0) is 17.1. The quantitative estimate of drug-likeness (QED) is 0.854. The molecule has 0 saturated carbocycles. The topological polar surface area (TPSA) is 50.7 Å². The summed E-state index contributed by atoms with van der Waals surface area (Å²) in [4.78, 5) is 0. The average Bonchev–Trinajstić information content (AvgIpc) is 2.95. The van der Waals surface area contributed by atoms with E-state index in [0.717, 1.165) is 29.0 Å². The fraction of sp³-hybridized carbons (Fsp3) is 0.368. The predicted octanol–water partition coefficient (Wildman–Crippen LogP) is 2.98. The van der Waals surface area contributed by atoms with E-state index in [1.54, 1.807) is 19.2 Å². The molecule has 0 bridgehead atoms. The molecule has 2 atom stereocenters. The van der Waals surface area contributed by atoms with Crippen LogP contribution in [0.2, 0.25) is 0 Å². The van der Waals surface area contributed by atoms with Gasteiger partial charge in [0.05, 0.1) is 13.2 Å². The molecular formula is C19H22FNO3.